The predicted octanol–water partition coefficient (Wildman–Crippen LogP) is 10.2. The van der Waals surface area contributed by atoms with E-state index < -0.39 is 0 Å². The molecule has 0 bridgehead atoms. The molecule has 1 heterocycles. The Morgan fingerprint density at radius 2 is 0.839 bits per heavy atom. The third-order valence-corrected chi connectivity index (χ3v) is 8.00. The average molecular weight is 437 g/mol. The lowest BCUT2D eigenvalue weighted by Crippen LogP contribution is -2.05. The van der Waals surface area contributed by atoms with Crippen LogP contribution in [0.4, 0.5) is 0 Å². The molecule has 31 heavy (non-hydrogen) atoms. The third kappa shape index (κ3) is 15.4. The van der Waals surface area contributed by atoms with Crippen LogP contribution in [0, 0.1) is 29.6 Å². The van der Waals surface area contributed by atoms with Gasteiger partial charge in [-0.2, -0.15) is 0 Å². The summed E-state index contributed by atoms with van der Waals surface area (Å²) in [7, 11) is 0. The molecule has 1 nitrogen and oxygen atoms in total. The number of hydrogen-bond acceptors (Lipinski definition) is 1. The first-order valence-corrected chi connectivity index (χ1v) is 14.3. The molecule has 0 aromatic heterocycles. The fourth-order valence-electron chi connectivity index (χ4n) is 5.24. The van der Waals surface area contributed by atoms with Crippen LogP contribution in [-0.2, 0) is 4.74 Å². The van der Waals surface area contributed by atoms with Crippen LogP contribution in [0.5, 0.6) is 0 Å². The Balaban J connectivity index is 1.90. The Morgan fingerprint density at radius 3 is 1.19 bits per heavy atom. The molecule has 0 spiro atoms. The summed E-state index contributed by atoms with van der Waals surface area (Å²) < 4.78 is 5.72. The fourth-order valence-corrected chi connectivity index (χ4v) is 5.24. The Labute approximate surface area is 197 Å². The molecule has 0 aromatic carbocycles. The van der Waals surface area contributed by atoms with E-state index in [1.807, 2.05) is 0 Å². The highest BCUT2D eigenvalue weighted by Gasteiger charge is 2.46. The molecule has 1 rings (SSSR count). The predicted molar refractivity (Wildman–Crippen MR) is 140 cm³/mol. The van der Waals surface area contributed by atoms with E-state index in [0.29, 0.717) is 6.10 Å². The second-order valence-electron chi connectivity index (χ2n) is 12.7. The first-order valence-electron chi connectivity index (χ1n) is 14.3. The van der Waals surface area contributed by atoms with Crippen LogP contribution in [0.15, 0.2) is 0 Å². The Morgan fingerprint density at radius 1 is 0.516 bits per heavy atom. The van der Waals surface area contributed by atoms with Crippen LogP contribution < -0.4 is 0 Å². The van der Waals surface area contributed by atoms with E-state index in [9.17, 15) is 0 Å². The van der Waals surface area contributed by atoms with Crippen molar-refractivity contribution in [1.82, 2.24) is 0 Å². The minimum absolute atomic E-state index is 0.178. The molecule has 186 valence electrons. The molecular formula is C30H60O. The minimum Gasteiger partial charge on any atom is -0.367 e. The van der Waals surface area contributed by atoms with Crippen molar-refractivity contribution in [3.05, 3.63) is 0 Å². The first kappa shape index (κ1) is 29.0. The van der Waals surface area contributed by atoms with Gasteiger partial charge in [0.15, 0.2) is 0 Å². The van der Waals surface area contributed by atoms with Gasteiger partial charge < -0.3 is 4.74 Å². The van der Waals surface area contributed by atoms with Crippen molar-refractivity contribution in [2.45, 2.75) is 163 Å². The summed E-state index contributed by atoms with van der Waals surface area (Å²) >= 11 is 0. The maximum atomic E-state index is 5.72. The smallest absolute Gasteiger partial charge is 0.0892 e. The topological polar surface area (TPSA) is 12.5 Å². The first-order chi connectivity index (χ1) is 14.6. The average Bonchev–Trinajstić information content (AvgIpc) is 3.30. The highest BCUT2D eigenvalue weighted by Crippen LogP contribution is 2.39. The van der Waals surface area contributed by atoms with Gasteiger partial charge in [0.05, 0.1) is 11.7 Å². The molecule has 1 aliphatic rings. The molecule has 0 radical (unpaired) electrons. The molecule has 1 fully saturated rings. The zero-order valence-corrected chi connectivity index (χ0v) is 23.0. The van der Waals surface area contributed by atoms with Gasteiger partial charge in [-0.3, -0.25) is 0 Å². The van der Waals surface area contributed by atoms with Crippen LogP contribution >= 0.6 is 0 Å². The summed E-state index contributed by atoms with van der Waals surface area (Å²) in [5.41, 5.74) is 0.178. The summed E-state index contributed by atoms with van der Waals surface area (Å²) in [6, 6.07) is 0. The standard InChI is InChI=1S/C30H60O/c1-24(2)14-11-17-27(5)20-12-18-25(3)15-9-10-16-26(4)19-13-21-28(6)22-23-29-30(7,8)31-29/h24-29H,9-23H2,1-8H3/t25?,26?,27?,28?,29-/m0/s1. The summed E-state index contributed by atoms with van der Waals surface area (Å²) in [5, 5.41) is 0. The second kappa shape index (κ2) is 15.7. The van der Waals surface area contributed by atoms with Crippen LogP contribution in [0.3, 0.4) is 0 Å². The lowest BCUT2D eigenvalue weighted by Gasteiger charge is -2.16. The highest BCUT2D eigenvalue weighted by atomic mass is 16.6. The van der Waals surface area contributed by atoms with Crippen molar-refractivity contribution < 1.29 is 4.74 Å². The van der Waals surface area contributed by atoms with E-state index in [1.165, 1.54) is 96.3 Å². The lowest BCUT2D eigenvalue weighted by atomic mass is 9.90. The Hall–Kier alpha value is -0.0400. The quantitative estimate of drug-likeness (QED) is 0.136. The highest BCUT2D eigenvalue weighted by molar-refractivity contribution is 4.94. The van der Waals surface area contributed by atoms with E-state index >= 15 is 0 Å². The molecule has 1 aliphatic heterocycles. The van der Waals surface area contributed by atoms with Gasteiger partial charge in [0.2, 0.25) is 0 Å². The lowest BCUT2D eigenvalue weighted by molar-refractivity contribution is 0.311. The normalized spacial score (nSPS) is 21.8. The number of epoxide rings is 1. The Kier molecular flexibility index (Phi) is 14.7. The summed E-state index contributed by atoms with van der Waals surface area (Å²) in [4.78, 5) is 0. The van der Waals surface area contributed by atoms with Crippen LogP contribution in [0.25, 0.3) is 0 Å². The van der Waals surface area contributed by atoms with E-state index in [4.69, 9.17) is 4.74 Å². The Bertz CT molecular complexity index is 426. The van der Waals surface area contributed by atoms with Crippen molar-refractivity contribution in [1.29, 1.82) is 0 Å². The van der Waals surface area contributed by atoms with Gasteiger partial charge in [-0.1, -0.05) is 125 Å². The maximum absolute atomic E-state index is 5.72. The van der Waals surface area contributed by atoms with E-state index in [0.717, 1.165) is 29.6 Å². The van der Waals surface area contributed by atoms with Crippen molar-refractivity contribution in [2.75, 3.05) is 0 Å². The molecule has 0 N–H and O–H groups in total. The van der Waals surface area contributed by atoms with Crippen LogP contribution in [0.1, 0.15) is 152 Å². The number of rotatable bonds is 20. The van der Waals surface area contributed by atoms with Gasteiger partial charge in [-0.25, -0.2) is 0 Å². The molecule has 4 unspecified atom stereocenters. The SMILES string of the molecule is CC(C)CCCC(C)CCCC(C)CCCCC(C)CCCC(C)CC[C@@H]1OC1(C)C. The van der Waals surface area contributed by atoms with Crippen molar-refractivity contribution in [2.24, 2.45) is 29.6 Å². The van der Waals surface area contributed by atoms with Gasteiger partial charge in [-0.05, 0) is 56.3 Å². The summed E-state index contributed by atoms with van der Waals surface area (Å²) in [6.07, 6.45) is 21.8. The number of hydrogen-bond donors (Lipinski definition) is 0. The largest absolute Gasteiger partial charge is 0.367 e. The minimum atomic E-state index is 0.178. The molecule has 5 atom stereocenters. The van der Waals surface area contributed by atoms with Crippen LogP contribution in [-0.4, -0.2) is 11.7 Å². The molecule has 0 amide bonds. The molecule has 0 aromatic rings. The van der Waals surface area contributed by atoms with Gasteiger partial charge in [0.25, 0.3) is 0 Å². The van der Waals surface area contributed by atoms with Crippen molar-refractivity contribution >= 4 is 0 Å². The van der Waals surface area contributed by atoms with Gasteiger partial charge >= 0.3 is 0 Å². The van der Waals surface area contributed by atoms with Gasteiger partial charge in [-0.15, -0.1) is 0 Å². The number of unbranched alkanes of at least 4 members (excludes halogenated alkanes) is 1. The molecule has 1 heteroatoms. The molecular weight excluding hydrogens is 376 g/mol. The monoisotopic (exact) mass is 436 g/mol. The van der Waals surface area contributed by atoms with Gasteiger partial charge in [0.1, 0.15) is 0 Å². The van der Waals surface area contributed by atoms with E-state index in [-0.39, 0.29) is 5.60 Å². The summed E-state index contributed by atoms with van der Waals surface area (Å²) in [6.45, 7) is 19.0. The summed E-state index contributed by atoms with van der Waals surface area (Å²) in [5.74, 6) is 4.52. The maximum Gasteiger partial charge on any atom is 0.0892 e. The number of ether oxygens (including phenoxy) is 1. The van der Waals surface area contributed by atoms with E-state index in [2.05, 4.69) is 55.4 Å². The zero-order chi connectivity index (χ0) is 23.3. The fraction of sp³-hybridized carbons (Fsp3) is 1.00. The van der Waals surface area contributed by atoms with Gasteiger partial charge in [0, 0.05) is 0 Å². The molecule has 1 saturated heterocycles. The van der Waals surface area contributed by atoms with Crippen LogP contribution in [0.2, 0.25) is 0 Å². The molecule has 0 saturated carbocycles. The van der Waals surface area contributed by atoms with Crippen molar-refractivity contribution in [3.8, 4) is 0 Å². The zero-order valence-electron chi connectivity index (χ0n) is 23.0. The van der Waals surface area contributed by atoms with Crippen molar-refractivity contribution in [3.63, 3.8) is 0 Å². The molecule has 0 aliphatic carbocycles. The van der Waals surface area contributed by atoms with E-state index in [1.54, 1.807) is 0 Å². The third-order valence-electron chi connectivity index (χ3n) is 8.00. The second-order valence-corrected chi connectivity index (χ2v) is 12.7.